The molecule has 0 aliphatic heterocycles. The Hall–Kier alpha value is -1.54. The first-order valence-electron chi connectivity index (χ1n) is 5.95. The van der Waals surface area contributed by atoms with E-state index in [1.54, 1.807) is 0 Å². The van der Waals surface area contributed by atoms with E-state index < -0.39 is 38.0 Å². The highest BCUT2D eigenvalue weighted by Gasteiger charge is 2.24. The summed E-state index contributed by atoms with van der Waals surface area (Å²) in [5.74, 6) is -3.40. The van der Waals surface area contributed by atoms with Crippen molar-refractivity contribution in [2.24, 2.45) is 5.14 Å². The summed E-state index contributed by atoms with van der Waals surface area (Å²) in [6, 6.07) is 0.978. The molecule has 0 fully saturated rings. The third-order valence-corrected chi connectivity index (χ3v) is 3.70. The highest BCUT2D eigenvalue weighted by Crippen LogP contribution is 2.20. The van der Waals surface area contributed by atoms with Crippen LogP contribution in [-0.2, 0) is 10.0 Å². The van der Waals surface area contributed by atoms with Crippen LogP contribution in [-0.4, -0.2) is 32.8 Å². The molecule has 0 unspecified atom stereocenters. The Morgan fingerprint density at radius 3 is 2.35 bits per heavy atom. The Balaban J connectivity index is 3.29. The molecule has 0 saturated carbocycles. The molecule has 1 aromatic carbocycles. The number of amides is 1. The second-order valence-corrected chi connectivity index (χ2v) is 5.92. The maximum Gasteiger partial charge on any atom is 0.255 e. The highest BCUT2D eigenvalue weighted by molar-refractivity contribution is 7.89. The van der Waals surface area contributed by atoms with Crippen molar-refractivity contribution >= 4 is 15.9 Å². The van der Waals surface area contributed by atoms with Crippen LogP contribution in [0.15, 0.2) is 17.0 Å². The fourth-order valence-electron chi connectivity index (χ4n) is 1.63. The molecule has 0 aliphatic rings. The van der Waals surface area contributed by atoms with Crippen LogP contribution in [0.4, 0.5) is 8.78 Å². The van der Waals surface area contributed by atoms with Gasteiger partial charge in [0.15, 0.2) is 11.6 Å². The fourth-order valence-corrected chi connectivity index (χ4v) is 2.35. The number of nitrogens with zero attached hydrogens (tertiary/aromatic N) is 1. The zero-order valence-corrected chi connectivity index (χ0v) is 12.0. The molecule has 0 radical (unpaired) electrons. The molecule has 0 atom stereocenters. The normalized spacial score (nSPS) is 11.4. The number of nitrogens with two attached hydrogens (primary N) is 1. The third-order valence-electron chi connectivity index (χ3n) is 2.75. The number of benzene rings is 1. The van der Waals surface area contributed by atoms with Crippen molar-refractivity contribution in [3.63, 3.8) is 0 Å². The molecule has 2 N–H and O–H groups in total. The van der Waals surface area contributed by atoms with Crippen LogP contribution in [0, 0.1) is 11.6 Å². The van der Waals surface area contributed by atoms with Gasteiger partial charge in [-0.1, -0.05) is 13.3 Å². The molecule has 1 aromatic rings. The van der Waals surface area contributed by atoms with Gasteiger partial charge in [0.1, 0.15) is 0 Å². The van der Waals surface area contributed by atoms with E-state index in [9.17, 15) is 22.0 Å². The summed E-state index contributed by atoms with van der Waals surface area (Å²) in [5, 5.41) is 4.93. The van der Waals surface area contributed by atoms with E-state index in [-0.39, 0.29) is 0 Å². The van der Waals surface area contributed by atoms with Crippen molar-refractivity contribution in [2.45, 2.75) is 24.7 Å². The largest absolute Gasteiger partial charge is 0.342 e. The maximum atomic E-state index is 13.2. The molecule has 0 bridgehead atoms. The average Bonchev–Trinajstić information content (AvgIpc) is 2.36. The van der Waals surface area contributed by atoms with Crippen LogP contribution in [0.1, 0.15) is 30.1 Å². The second-order valence-electron chi connectivity index (χ2n) is 4.39. The summed E-state index contributed by atoms with van der Waals surface area (Å²) in [5.41, 5.74) is -0.468. The molecule has 1 amide bonds. The summed E-state index contributed by atoms with van der Waals surface area (Å²) in [6.45, 7) is 2.30. The standard InChI is InChI=1S/C12H16F2N2O3S/c1-3-4-5-16(2)12(17)8-6-9(13)10(14)7-11(8)20(15,18)19/h6-7H,3-5H2,1-2H3,(H2,15,18,19). The fraction of sp³-hybridized carbons (Fsp3) is 0.417. The third kappa shape index (κ3) is 3.73. The van der Waals surface area contributed by atoms with Crippen LogP contribution in [0.3, 0.4) is 0 Å². The number of primary sulfonamides is 1. The lowest BCUT2D eigenvalue weighted by Crippen LogP contribution is -2.30. The zero-order valence-electron chi connectivity index (χ0n) is 11.2. The first-order valence-corrected chi connectivity index (χ1v) is 7.50. The summed E-state index contributed by atoms with van der Waals surface area (Å²) < 4.78 is 49.1. The minimum absolute atomic E-state index is 0.373. The minimum atomic E-state index is -4.33. The van der Waals surface area contributed by atoms with Gasteiger partial charge in [-0.2, -0.15) is 0 Å². The first-order chi connectivity index (χ1) is 9.18. The lowest BCUT2D eigenvalue weighted by atomic mass is 10.2. The Bertz CT molecular complexity index is 617. The van der Waals surface area contributed by atoms with Gasteiger partial charge < -0.3 is 4.90 Å². The number of hydrogen-bond donors (Lipinski definition) is 1. The van der Waals surface area contributed by atoms with Gasteiger partial charge in [-0.25, -0.2) is 22.3 Å². The molecule has 0 aromatic heterocycles. The number of hydrogen-bond acceptors (Lipinski definition) is 3. The van der Waals surface area contributed by atoms with Gasteiger partial charge in [0.05, 0.1) is 10.5 Å². The maximum absolute atomic E-state index is 13.2. The Morgan fingerprint density at radius 1 is 1.30 bits per heavy atom. The predicted octanol–water partition coefficient (Wildman–Crippen LogP) is 1.48. The van der Waals surface area contributed by atoms with Gasteiger partial charge in [-0.05, 0) is 18.6 Å². The van der Waals surface area contributed by atoms with Gasteiger partial charge in [0, 0.05) is 13.6 Å². The highest BCUT2D eigenvalue weighted by atomic mass is 32.2. The van der Waals surface area contributed by atoms with Crippen LogP contribution in [0.25, 0.3) is 0 Å². The molecular weight excluding hydrogens is 290 g/mol. The van der Waals surface area contributed by atoms with Crippen LogP contribution in [0.2, 0.25) is 0 Å². The van der Waals surface area contributed by atoms with Gasteiger partial charge in [-0.3, -0.25) is 4.79 Å². The molecule has 0 aliphatic carbocycles. The van der Waals surface area contributed by atoms with E-state index >= 15 is 0 Å². The number of carbonyl (C=O) groups is 1. The number of unbranched alkanes of at least 4 members (excludes halogenated alkanes) is 1. The van der Waals surface area contributed by atoms with E-state index in [1.807, 2.05) is 6.92 Å². The average molecular weight is 306 g/mol. The molecular formula is C12H16F2N2O3S. The second kappa shape index (κ2) is 6.27. The molecule has 0 saturated heterocycles. The first kappa shape index (κ1) is 16.5. The number of carbonyl (C=O) groups excluding carboxylic acids is 1. The SMILES string of the molecule is CCCCN(C)C(=O)c1cc(F)c(F)cc1S(N)(=O)=O. The van der Waals surface area contributed by atoms with E-state index in [0.29, 0.717) is 25.1 Å². The predicted molar refractivity (Wildman–Crippen MR) is 69.6 cm³/mol. The quantitative estimate of drug-likeness (QED) is 0.895. The molecule has 0 heterocycles. The Kier molecular flexibility index (Phi) is 5.18. The van der Waals surface area contributed by atoms with Crippen molar-refractivity contribution in [3.8, 4) is 0 Å². The molecule has 0 spiro atoms. The lowest BCUT2D eigenvalue weighted by molar-refractivity contribution is 0.0788. The van der Waals surface area contributed by atoms with Crippen molar-refractivity contribution in [2.75, 3.05) is 13.6 Å². The Labute approximate surface area is 116 Å². The van der Waals surface area contributed by atoms with E-state index in [4.69, 9.17) is 5.14 Å². The minimum Gasteiger partial charge on any atom is -0.342 e. The van der Waals surface area contributed by atoms with Gasteiger partial charge in [-0.15, -0.1) is 0 Å². The van der Waals surface area contributed by atoms with Crippen molar-refractivity contribution in [1.82, 2.24) is 4.90 Å². The summed E-state index contributed by atoms with van der Waals surface area (Å²) in [7, 11) is -2.88. The number of rotatable bonds is 5. The van der Waals surface area contributed by atoms with Crippen molar-refractivity contribution < 1.29 is 22.0 Å². The van der Waals surface area contributed by atoms with E-state index in [1.165, 1.54) is 11.9 Å². The molecule has 5 nitrogen and oxygen atoms in total. The van der Waals surface area contributed by atoms with Gasteiger partial charge in [0.2, 0.25) is 10.0 Å². The van der Waals surface area contributed by atoms with Gasteiger partial charge >= 0.3 is 0 Å². The van der Waals surface area contributed by atoms with E-state index in [2.05, 4.69) is 0 Å². The van der Waals surface area contributed by atoms with Crippen molar-refractivity contribution in [3.05, 3.63) is 29.3 Å². The Morgan fingerprint density at radius 2 is 1.85 bits per heavy atom. The molecule has 20 heavy (non-hydrogen) atoms. The van der Waals surface area contributed by atoms with Crippen LogP contribution >= 0.6 is 0 Å². The molecule has 8 heteroatoms. The zero-order chi connectivity index (χ0) is 15.5. The number of halogens is 2. The van der Waals surface area contributed by atoms with Crippen LogP contribution in [0.5, 0.6) is 0 Å². The smallest absolute Gasteiger partial charge is 0.255 e. The number of sulfonamides is 1. The topological polar surface area (TPSA) is 80.5 Å². The summed E-state index contributed by atoms with van der Waals surface area (Å²) >= 11 is 0. The summed E-state index contributed by atoms with van der Waals surface area (Å²) in [4.78, 5) is 12.6. The monoisotopic (exact) mass is 306 g/mol. The van der Waals surface area contributed by atoms with Crippen LogP contribution < -0.4 is 5.14 Å². The van der Waals surface area contributed by atoms with Gasteiger partial charge in [0.25, 0.3) is 5.91 Å². The molecule has 112 valence electrons. The summed E-state index contributed by atoms with van der Waals surface area (Å²) in [6.07, 6.45) is 1.54. The van der Waals surface area contributed by atoms with Crippen molar-refractivity contribution in [1.29, 1.82) is 0 Å². The molecule has 1 rings (SSSR count). The lowest BCUT2D eigenvalue weighted by Gasteiger charge is -2.18. The van der Waals surface area contributed by atoms with E-state index in [0.717, 1.165) is 6.42 Å².